The summed E-state index contributed by atoms with van der Waals surface area (Å²) in [7, 11) is 1.53. The molecule has 1 aromatic carbocycles. The Morgan fingerprint density at radius 2 is 1.86 bits per heavy atom. The first-order valence-corrected chi connectivity index (χ1v) is 6.19. The third-order valence-electron chi connectivity index (χ3n) is 3.15. The Bertz CT molecular complexity index is 793. The average Bonchev–Trinajstić information content (AvgIpc) is 2.90. The van der Waals surface area contributed by atoms with Gasteiger partial charge in [0, 0.05) is 11.8 Å². The quantitative estimate of drug-likeness (QED) is 0.713. The zero-order chi connectivity index (χ0) is 15.0. The monoisotopic (exact) mass is 292 g/mol. The first-order valence-electron chi connectivity index (χ1n) is 6.19. The highest BCUT2D eigenvalue weighted by Gasteiger charge is 2.33. The largest absolute Gasteiger partial charge is 0.497 e. The summed E-state index contributed by atoms with van der Waals surface area (Å²) < 4.78 is 45.1. The summed E-state index contributed by atoms with van der Waals surface area (Å²) in [4.78, 5) is 4.24. The van der Waals surface area contributed by atoms with E-state index in [2.05, 4.69) is 4.98 Å². The van der Waals surface area contributed by atoms with Gasteiger partial charge in [-0.05, 0) is 24.3 Å². The van der Waals surface area contributed by atoms with E-state index in [-0.39, 0.29) is 5.65 Å². The lowest BCUT2D eigenvalue weighted by molar-refractivity contribution is -0.142. The first-order chi connectivity index (χ1) is 9.99. The maximum absolute atomic E-state index is 13.0. The molecule has 0 saturated heterocycles. The van der Waals surface area contributed by atoms with Crippen LogP contribution < -0.4 is 4.74 Å². The van der Waals surface area contributed by atoms with Crippen molar-refractivity contribution < 1.29 is 17.9 Å². The van der Waals surface area contributed by atoms with Crippen molar-refractivity contribution in [3.05, 3.63) is 54.4 Å². The van der Waals surface area contributed by atoms with E-state index in [1.807, 2.05) is 0 Å². The molecule has 0 spiro atoms. The van der Waals surface area contributed by atoms with E-state index in [0.29, 0.717) is 17.0 Å². The van der Waals surface area contributed by atoms with Crippen molar-refractivity contribution in [2.45, 2.75) is 6.18 Å². The third kappa shape index (κ3) is 2.44. The average molecular weight is 292 g/mol. The zero-order valence-electron chi connectivity index (χ0n) is 11.1. The van der Waals surface area contributed by atoms with E-state index in [9.17, 15) is 13.2 Å². The number of methoxy groups -OCH3 is 1. The number of hydrogen-bond acceptors (Lipinski definition) is 2. The summed E-state index contributed by atoms with van der Waals surface area (Å²) in [6.45, 7) is 0. The molecule has 0 aliphatic heterocycles. The molecule has 2 aromatic heterocycles. The molecule has 0 radical (unpaired) electrons. The Kier molecular flexibility index (Phi) is 3.08. The standard InChI is InChI=1S/C15H11F3N2O/c1-21-11-5-2-4-10(8-11)12-9-20-13(15(16,17)18)6-3-7-14(20)19-12/h2-9H,1H3. The summed E-state index contributed by atoms with van der Waals surface area (Å²) >= 11 is 0. The molecule has 0 N–H and O–H groups in total. The second-order valence-corrected chi connectivity index (χ2v) is 4.50. The molecule has 2 heterocycles. The molecule has 108 valence electrons. The molecule has 0 atom stereocenters. The van der Waals surface area contributed by atoms with Gasteiger partial charge in [0.1, 0.15) is 17.1 Å². The van der Waals surface area contributed by atoms with E-state index in [1.165, 1.54) is 19.4 Å². The Balaban J connectivity index is 2.17. The highest BCUT2D eigenvalue weighted by molar-refractivity contribution is 5.64. The topological polar surface area (TPSA) is 26.5 Å². The molecular weight excluding hydrogens is 281 g/mol. The van der Waals surface area contributed by atoms with E-state index >= 15 is 0 Å². The van der Waals surface area contributed by atoms with Gasteiger partial charge in [-0.25, -0.2) is 4.98 Å². The fourth-order valence-corrected chi connectivity index (χ4v) is 2.16. The van der Waals surface area contributed by atoms with Crippen LogP contribution in [0.2, 0.25) is 0 Å². The van der Waals surface area contributed by atoms with Gasteiger partial charge in [0.05, 0.1) is 12.8 Å². The van der Waals surface area contributed by atoms with Crippen molar-refractivity contribution in [2.75, 3.05) is 7.11 Å². The molecule has 0 aliphatic carbocycles. The fourth-order valence-electron chi connectivity index (χ4n) is 2.16. The minimum atomic E-state index is -4.42. The molecule has 0 aliphatic rings. The SMILES string of the molecule is COc1cccc(-c2cn3c(C(F)(F)F)cccc3n2)c1. The molecule has 0 bridgehead atoms. The summed E-state index contributed by atoms with van der Waals surface area (Å²) in [5.74, 6) is 0.626. The van der Waals surface area contributed by atoms with Crippen LogP contribution in [0.3, 0.4) is 0 Å². The van der Waals surface area contributed by atoms with E-state index in [0.717, 1.165) is 10.5 Å². The molecule has 3 rings (SSSR count). The van der Waals surface area contributed by atoms with E-state index < -0.39 is 11.9 Å². The first kappa shape index (κ1) is 13.5. The van der Waals surface area contributed by atoms with Crippen LogP contribution in [0.25, 0.3) is 16.9 Å². The molecule has 3 aromatic rings. The van der Waals surface area contributed by atoms with Gasteiger partial charge in [-0.1, -0.05) is 18.2 Å². The van der Waals surface area contributed by atoms with Crippen LogP contribution in [0, 0.1) is 0 Å². The Morgan fingerprint density at radius 3 is 2.57 bits per heavy atom. The molecule has 0 unspecified atom stereocenters. The molecule has 0 fully saturated rings. The molecule has 6 heteroatoms. The summed E-state index contributed by atoms with van der Waals surface area (Å²) in [6.07, 6.45) is -3.04. The lowest BCUT2D eigenvalue weighted by Crippen LogP contribution is -2.10. The highest BCUT2D eigenvalue weighted by atomic mass is 19.4. The number of benzene rings is 1. The zero-order valence-corrected chi connectivity index (χ0v) is 11.1. The minimum absolute atomic E-state index is 0.252. The Hall–Kier alpha value is -2.50. The fraction of sp³-hybridized carbons (Fsp3) is 0.133. The molecular formula is C15H11F3N2O. The molecule has 3 nitrogen and oxygen atoms in total. The van der Waals surface area contributed by atoms with Gasteiger partial charge in [0.15, 0.2) is 0 Å². The maximum Gasteiger partial charge on any atom is 0.431 e. The number of aromatic nitrogens is 2. The van der Waals surface area contributed by atoms with E-state index in [4.69, 9.17) is 4.74 Å². The number of hydrogen-bond donors (Lipinski definition) is 0. The number of nitrogens with zero attached hydrogens (tertiary/aromatic N) is 2. The number of alkyl halides is 3. The van der Waals surface area contributed by atoms with Gasteiger partial charge in [0.2, 0.25) is 0 Å². The molecule has 0 amide bonds. The van der Waals surface area contributed by atoms with Gasteiger partial charge < -0.3 is 4.74 Å². The molecule has 21 heavy (non-hydrogen) atoms. The van der Waals surface area contributed by atoms with Crippen molar-refractivity contribution in [2.24, 2.45) is 0 Å². The van der Waals surface area contributed by atoms with Crippen LogP contribution in [-0.4, -0.2) is 16.5 Å². The predicted molar refractivity (Wildman–Crippen MR) is 72.2 cm³/mol. The van der Waals surface area contributed by atoms with Crippen LogP contribution in [-0.2, 0) is 6.18 Å². The van der Waals surface area contributed by atoms with Crippen LogP contribution in [0.15, 0.2) is 48.7 Å². The molecule has 0 saturated carbocycles. The van der Waals surface area contributed by atoms with Crippen molar-refractivity contribution >= 4 is 5.65 Å². The third-order valence-corrected chi connectivity index (χ3v) is 3.15. The predicted octanol–water partition coefficient (Wildman–Crippen LogP) is 4.03. The number of pyridine rings is 1. The van der Waals surface area contributed by atoms with Gasteiger partial charge in [-0.2, -0.15) is 13.2 Å². The minimum Gasteiger partial charge on any atom is -0.497 e. The van der Waals surface area contributed by atoms with Crippen molar-refractivity contribution in [3.63, 3.8) is 0 Å². The summed E-state index contributed by atoms with van der Waals surface area (Å²) in [5.41, 5.74) is 0.668. The smallest absolute Gasteiger partial charge is 0.431 e. The number of rotatable bonds is 2. The second kappa shape index (κ2) is 4.80. The number of halogens is 3. The van der Waals surface area contributed by atoms with Gasteiger partial charge in [0.25, 0.3) is 0 Å². The Morgan fingerprint density at radius 1 is 1.10 bits per heavy atom. The van der Waals surface area contributed by atoms with Crippen LogP contribution in [0.1, 0.15) is 5.69 Å². The van der Waals surface area contributed by atoms with Crippen molar-refractivity contribution in [1.29, 1.82) is 0 Å². The lowest BCUT2D eigenvalue weighted by Gasteiger charge is -2.08. The van der Waals surface area contributed by atoms with Gasteiger partial charge in [-0.3, -0.25) is 4.40 Å². The Labute approximate surface area is 118 Å². The van der Waals surface area contributed by atoms with Gasteiger partial charge >= 0.3 is 6.18 Å². The van der Waals surface area contributed by atoms with Crippen LogP contribution >= 0.6 is 0 Å². The van der Waals surface area contributed by atoms with Crippen LogP contribution in [0.5, 0.6) is 5.75 Å². The number of fused-ring (bicyclic) bond motifs is 1. The van der Waals surface area contributed by atoms with Crippen molar-refractivity contribution in [3.8, 4) is 17.0 Å². The summed E-state index contributed by atoms with van der Waals surface area (Å²) in [6, 6.07) is 11.0. The lowest BCUT2D eigenvalue weighted by atomic mass is 10.1. The normalized spacial score (nSPS) is 11.8. The van der Waals surface area contributed by atoms with Crippen molar-refractivity contribution in [1.82, 2.24) is 9.38 Å². The van der Waals surface area contributed by atoms with E-state index in [1.54, 1.807) is 30.3 Å². The maximum atomic E-state index is 13.0. The summed E-state index contributed by atoms with van der Waals surface area (Å²) in [5, 5.41) is 0. The highest BCUT2D eigenvalue weighted by Crippen LogP contribution is 2.31. The van der Waals surface area contributed by atoms with Gasteiger partial charge in [-0.15, -0.1) is 0 Å². The van der Waals surface area contributed by atoms with Crippen LogP contribution in [0.4, 0.5) is 13.2 Å². The second-order valence-electron chi connectivity index (χ2n) is 4.50. The number of imidazole rings is 1. The number of ether oxygens (including phenoxy) is 1.